The molecular weight excluding hydrogens is 522 g/mol. The van der Waals surface area contributed by atoms with E-state index in [0.29, 0.717) is 12.2 Å². The average Bonchev–Trinajstić information content (AvgIpc) is 2.93. The molecule has 0 aliphatic carbocycles. The van der Waals surface area contributed by atoms with Crippen LogP contribution in [-0.2, 0) is 26.2 Å². The molecule has 40 heavy (non-hydrogen) atoms. The lowest BCUT2D eigenvalue weighted by atomic mass is 10.1. The molecule has 0 heterocycles. The molecule has 0 aliphatic heterocycles. The van der Waals surface area contributed by atoms with Gasteiger partial charge < -0.3 is 10.2 Å². The normalized spacial score (nSPS) is 12.1. The highest BCUT2D eigenvalue weighted by atomic mass is 32.2. The van der Waals surface area contributed by atoms with Crippen molar-refractivity contribution in [2.45, 2.75) is 71.9 Å². The number of carbonyl (C=O) groups excluding carboxylic acids is 2. The first-order chi connectivity index (χ1) is 18.9. The second kappa shape index (κ2) is 13.6. The third kappa shape index (κ3) is 7.50. The predicted octanol–water partition coefficient (Wildman–Crippen LogP) is 5.45. The van der Waals surface area contributed by atoms with Crippen LogP contribution in [0.5, 0.6) is 0 Å². The molecule has 8 heteroatoms. The second-order valence-electron chi connectivity index (χ2n) is 10.4. The largest absolute Gasteiger partial charge is 0.354 e. The summed E-state index contributed by atoms with van der Waals surface area (Å²) in [6, 6.07) is 18.9. The molecule has 2 amide bonds. The topological polar surface area (TPSA) is 86.8 Å². The number of nitrogens with one attached hydrogen (secondary N) is 1. The highest BCUT2D eigenvalue weighted by Gasteiger charge is 2.33. The van der Waals surface area contributed by atoms with Gasteiger partial charge in [-0.25, -0.2) is 8.42 Å². The summed E-state index contributed by atoms with van der Waals surface area (Å²) >= 11 is 0. The number of carbonyl (C=O) groups is 2. The van der Waals surface area contributed by atoms with Crippen LogP contribution < -0.4 is 9.62 Å². The van der Waals surface area contributed by atoms with Gasteiger partial charge in [-0.1, -0.05) is 73.0 Å². The number of nitrogens with zero attached hydrogens (tertiary/aromatic N) is 2. The monoisotopic (exact) mass is 563 g/mol. The van der Waals surface area contributed by atoms with E-state index >= 15 is 0 Å². The zero-order valence-corrected chi connectivity index (χ0v) is 25.2. The van der Waals surface area contributed by atoms with Crippen molar-refractivity contribution in [3.05, 3.63) is 94.5 Å². The summed E-state index contributed by atoms with van der Waals surface area (Å²) < 4.78 is 29.2. The summed E-state index contributed by atoms with van der Waals surface area (Å²) in [5, 5.41) is 2.91. The first-order valence-electron chi connectivity index (χ1n) is 13.7. The number of amides is 2. The Kier molecular flexibility index (Phi) is 10.5. The van der Waals surface area contributed by atoms with Crippen molar-refractivity contribution in [2.75, 3.05) is 17.4 Å². The van der Waals surface area contributed by atoms with Gasteiger partial charge in [0.15, 0.2) is 0 Å². The first kappa shape index (κ1) is 30.9. The van der Waals surface area contributed by atoms with Crippen LogP contribution in [0.25, 0.3) is 0 Å². The molecule has 0 fully saturated rings. The van der Waals surface area contributed by atoms with Gasteiger partial charge in [-0.2, -0.15) is 0 Å². The number of rotatable bonds is 12. The third-order valence-electron chi connectivity index (χ3n) is 7.20. The lowest BCUT2D eigenvalue weighted by Gasteiger charge is -2.32. The Labute approximate surface area is 239 Å². The lowest BCUT2D eigenvalue weighted by molar-refractivity contribution is -0.139. The van der Waals surface area contributed by atoms with E-state index in [1.807, 2.05) is 65.0 Å². The van der Waals surface area contributed by atoms with Crippen LogP contribution in [0.15, 0.2) is 71.6 Å². The van der Waals surface area contributed by atoms with Crippen molar-refractivity contribution in [1.29, 1.82) is 0 Å². The molecule has 3 aromatic rings. The van der Waals surface area contributed by atoms with Gasteiger partial charge in [-0.3, -0.25) is 13.9 Å². The van der Waals surface area contributed by atoms with Crippen LogP contribution in [0.2, 0.25) is 0 Å². The quantitative estimate of drug-likeness (QED) is 0.297. The highest BCUT2D eigenvalue weighted by Crippen LogP contribution is 2.29. The van der Waals surface area contributed by atoms with Crippen LogP contribution in [0.1, 0.15) is 54.5 Å². The minimum absolute atomic E-state index is 0.0993. The van der Waals surface area contributed by atoms with Crippen molar-refractivity contribution >= 4 is 27.5 Å². The van der Waals surface area contributed by atoms with Gasteiger partial charge in [0.25, 0.3) is 10.0 Å². The molecule has 0 unspecified atom stereocenters. The zero-order valence-electron chi connectivity index (χ0n) is 24.4. The lowest BCUT2D eigenvalue weighted by Crippen LogP contribution is -2.51. The second-order valence-corrected chi connectivity index (χ2v) is 12.2. The van der Waals surface area contributed by atoms with E-state index in [1.54, 1.807) is 43.3 Å². The first-order valence-corrected chi connectivity index (χ1v) is 15.2. The van der Waals surface area contributed by atoms with E-state index < -0.39 is 28.5 Å². The Bertz CT molecular complexity index is 1420. The maximum atomic E-state index is 14.0. The molecule has 0 radical (unpaired) electrons. The number of hydrogen-bond donors (Lipinski definition) is 1. The molecule has 3 aromatic carbocycles. The minimum atomic E-state index is -4.10. The summed E-state index contributed by atoms with van der Waals surface area (Å²) in [7, 11) is -4.10. The Balaban J connectivity index is 2.04. The number of benzene rings is 3. The molecule has 7 nitrogen and oxygen atoms in total. The Hall–Kier alpha value is -3.65. The molecule has 3 rings (SSSR count). The SMILES string of the molecule is CCCCNC(=O)[C@@H](C)N(Cc1ccc(C)cc1)C(=O)CN(c1cccc(C)c1C)S(=O)(=O)c1ccc(C)cc1. The summed E-state index contributed by atoms with van der Waals surface area (Å²) in [5.74, 6) is -0.733. The van der Waals surface area contributed by atoms with Crippen LogP contribution in [0.4, 0.5) is 5.69 Å². The van der Waals surface area contributed by atoms with Gasteiger partial charge in [0.2, 0.25) is 11.8 Å². The summed E-state index contributed by atoms with van der Waals surface area (Å²) in [4.78, 5) is 28.7. The molecule has 0 saturated heterocycles. The van der Waals surface area contributed by atoms with E-state index in [4.69, 9.17) is 0 Å². The fourth-order valence-corrected chi connectivity index (χ4v) is 5.84. The average molecular weight is 564 g/mol. The van der Waals surface area contributed by atoms with E-state index in [-0.39, 0.29) is 17.3 Å². The Morgan fingerprint density at radius 1 is 0.875 bits per heavy atom. The molecule has 0 aromatic heterocycles. The van der Waals surface area contributed by atoms with Gasteiger partial charge in [-0.05, 0) is 75.9 Å². The number of hydrogen-bond acceptors (Lipinski definition) is 4. The molecule has 0 bridgehead atoms. The van der Waals surface area contributed by atoms with Crippen LogP contribution in [0.3, 0.4) is 0 Å². The minimum Gasteiger partial charge on any atom is -0.354 e. The van der Waals surface area contributed by atoms with Crippen molar-refractivity contribution in [3.63, 3.8) is 0 Å². The predicted molar refractivity (Wildman–Crippen MR) is 161 cm³/mol. The van der Waals surface area contributed by atoms with Gasteiger partial charge in [0.1, 0.15) is 12.6 Å². The fourth-order valence-electron chi connectivity index (χ4n) is 4.37. The number of sulfonamides is 1. The smallest absolute Gasteiger partial charge is 0.264 e. The molecular formula is C32H41N3O4S. The zero-order chi connectivity index (χ0) is 29.4. The van der Waals surface area contributed by atoms with E-state index in [9.17, 15) is 18.0 Å². The fraction of sp³-hybridized carbons (Fsp3) is 0.375. The molecule has 0 aliphatic rings. The highest BCUT2D eigenvalue weighted by molar-refractivity contribution is 7.92. The van der Waals surface area contributed by atoms with E-state index in [1.165, 1.54) is 9.21 Å². The van der Waals surface area contributed by atoms with Crippen molar-refractivity contribution in [2.24, 2.45) is 0 Å². The standard InChI is InChI=1S/C32H41N3O4S/c1-7-8-20-33-32(37)27(6)34(21-28-16-12-23(2)13-17-28)31(36)22-35(30-11-9-10-25(4)26(30)5)40(38,39)29-18-14-24(3)15-19-29/h9-19,27H,7-8,20-22H2,1-6H3,(H,33,37)/t27-/m1/s1. The Morgan fingerprint density at radius 3 is 2.08 bits per heavy atom. The third-order valence-corrected chi connectivity index (χ3v) is 8.98. The molecule has 214 valence electrons. The van der Waals surface area contributed by atoms with E-state index in [0.717, 1.165) is 40.7 Å². The van der Waals surface area contributed by atoms with Gasteiger partial charge >= 0.3 is 0 Å². The number of unbranched alkanes of at least 4 members (excludes halogenated alkanes) is 1. The van der Waals surface area contributed by atoms with Crippen molar-refractivity contribution in [3.8, 4) is 0 Å². The van der Waals surface area contributed by atoms with Crippen LogP contribution >= 0.6 is 0 Å². The van der Waals surface area contributed by atoms with Crippen LogP contribution in [-0.4, -0.2) is 44.3 Å². The van der Waals surface area contributed by atoms with Gasteiger partial charge in [0, 0.05) is 13.1 Å². The molecule has 0 saturated carbocycles. The molecule has 1 N–H and O–H groups in total. The van der Waals surface area contributed by atoms with E-state index in [2.05, 4.69) is 5.32 Å². The Morgan fingerprint density at radius 2 is 1.48 bits per heavy atom. The van der Waals surface area contributed by atoms with Crippen LogP contribution in [0, 0.1) is 27.7 Å². The molecule has 1 atom stereocenters. The number of anilines is 1. The number of aryl methyl sites for hydroxylation is 3. The molecule has 0 spiro atoms. The van der Waals surface area contributed by atoms with Crippen molar-refractivity contribution in [1.82, 2.24) is 10.2 Å². The summed E-state index contributed by atoms with van der Waals surface area (Å²) in [5.41, 5.74) is 4.98. The maximum Gasteiger partial charge on any atom is 0.264 e. The van der Waals surface area contributed by atoms with Gasteiger partial charge in [-0.15, -0.1) is 0 Å². The maximum absolute atomic E-state index is 14.0. The van der Waals surface area contributed by atoms with Crippen molar-refractivity contribution < 1.29 is 18.0 Å². The summed E-state index contributed by atoms with van der Waals surface area (Å²) in [6.45, 7) is 11.6. The summed E-state index contributed by atoms with van der Waals surface area (Å²) in [6.07, 6.45) is 1.77. The van der Waals surface area contributed by atoms with Gasteiger partial charge in [0.05, 0.1) is 10.6 Å².